The van der Waals surface area contributed by atoms with Crippen LogP contribution in [0, 0.1) is 5.92 Å². The molecule has 2 nitrogen and oxygen atoms in total. The number of rotatable bonds is 3. The number of hydrogen-bond acceptors (Lipinski definition) is 1. The van der Waals surface area contributed by atoms with Crippen molar-refractivity contribution in [2.45, 2.75) is 45.6 Å². The second-order valence-corrected chi connectivity index (χ2v) is 4.71. The van der Waals surface area contributed by atoms with Crippen molar-refractivity contribution in [2.75, 3.05) is 6.54 Å². The Morgan fingerprint density at radius 1 is 1.46 bits per heavy atom. The minimum absolute atomic E-state index is 0.0845. The van der Waals surface area contributed by atoms with Crippen LogP contribution >= 0.6 is 11.8 Å². The first-order chi connectivity index (χ1) is 6.14. The number of amides is 1. The first kappa shape index (κ1) is 11.0. The van der Waals surface area contributed by atoms with Crippen LogP contribution in [0.25, 0.3) is 0 Å². The third kappa shape index (κ3) is 2.23. The fourth-order valence-corrected chi connectivity index (χ4v) is 2.61. The highest BCUT2D eigenvalue weighted by atomic mass is 35.5. The third-order valence-electron chi connectivity index (χ3n) is 3.28. The highest BCUT2D eigenvalue weighted by Gasteiger charge is 2.40. The maximum absolute atomic E-state index is 10.9. The minimum atomic E-state index is 0.0845. The molecule has 3 heteroatoms. The van der Waals surface area contributed by atoms with Crippen LogP contribution in [0.1, 0.15) is 39.5 Å². The highest BCUT2D eigenvalue weighted by molar-refractivity contribution is 6.10. The van der Waals surface area contributed by atoms with E-state index >= 15 is 0 Å². The fourth-order valence-electron chi connectivity index (χ4n) is 2.32. The fraction of sp³-hybridized carbons (Fsp3) is 0.900. The lowest BCUT2D eigenvalue weighted by molar-refractivity contribution is -0.761. The van der Waals surface area contributed by atoms with Crippen LogP contribution in [0.3, 0.4) is 0 Å². The van der Waals surface area contributed by atoms with Gasteiger partial charge in [0, 0.05) is 12.3 Å². The molecule has 3 atom stereocenters. The number of carbonyl (C=O) groups excluding carboxylic acids is 1. The molecule has 0 aliphatic heterocycles. The molecule has 1 amide bonds. The first-order valence-corrected chi connectivity index (χ1v) is 5.51. The van der Waals surface area contributed by atoms with Crippen LogP contribution < -0.4 is 0 Å². The lowest BCUT2D eigenvalue weighted by Gasteiger charge is -2.36. The maximum atomic E-state index is 10.9. The summed E-state index contributed by atoms with van der Waals surface area (Å²) in [6.07, 6.45) is 5.71. The van der Waals surface area contributed by atoms with E-state index < -0.39 is 0 Å². The van der Waals surface area contributed by atoms with Crippen molar-refractivity contribution in [2.24, 2.45) is 5.92 Å². The quantitative estimate of drug-likeness (QED) is 0.511. The molecule has 0 aromatic carbocycles. The van der Waals surface area contributed by atoms with Crippen LogP contribution in [0.4, 0.5) is 0 Å². The molecule has 0 saturated heterocycles. The molecular weight excluding hydrogens is 186 g/mol. The van der Waals surface area contributed by atoms with E-state index in [1.807, 2.05) is 6.92 Å². The van der Waals surface area contributed by atoms with E-state index in [9.17, 15) is 4.79 Å². The lowest BCUT2D eigenvalue weighted by Crippen LogP contribution is -2.50. The molecule has 0 aromatic rings. The van der Waals surface area contributed by atoms with Crippen molar-refractivity contribution in [1.29, 1.82) is 0 Å². The van der Waals surface area contributed by atoms with Crippen molar-refractivity contribution < 1.29 is 8.80 Å². The summed E-state index contributed by atoms with van der Waals surface area (Å²) in [5, 5.41) is 0. The molecule has 13 heavy (non-hydrogen) atoms. The second kappa shape index (κ2) is 4.43. The molecule has 1 aliphatic rings. The van der Waals surface area contributed by atoms with Gasteiger partial charge in [0.25, 0.3) is 0 Å². The van der Waals surface area contributed by atoms with Crippen LogP contribution in [0.5, 0.6) is 0 Å². The van der Waals surface area contributed by atoms with Gasteiger partial charge in [-0.2, -0.15) is 4.00 Å². The molecule has 1 rings (SSSR count). The van der Waals surface area contributed by atoms with Gasteiger partial charge in [0.05, 0.1) is 0 Å². The Bertz CT molecular complexity index is 186. The molecule has 0 spiro atoms. The summed E-state index contributed by atoms with van der Waals surface area (Å²) in [6, 6.07) is 0.331. The van der Waals surface area contributed by atoms with Crippen LogP contribution in [-0.2, 0) is 4.79 Å². The number of carbonyl (C=O) groups is 1. The summed E-state index contributed by atoms with van der Waals surface area (Å²) in [4.78, 5) is 10.9. The van der Waals surface area contributed by atoms with E-state index in [1.54, 1.807) is 0 Å². The predicted molar refractivity (Wildman–Crippen MR) is 54.1 cm³/mol. The summed E-state index contributed by atoms with van der Waals surface area (Å²) >= 11 is 6.25. The van der Waals surface area contributed by atoms with Crippen molar-refractivity contribution in [3.8, 4) is 0 Å². The van der Waals surface area contributed by atoms with Gasteiger partial charge < -0.3 is 0 Å². The van der Waals surface area contributed by atoms with Gasteiger partial charge in [-0.1, -0.05) is 13.3 Å². The molecule has 0 aromatic heterocycles. The van der Waals surface area contributed by atoms with Crippen LogP contribution in [0.2, 0.25) is 0 Å². The Labute approximate surface area is 85.6 Å². The average Bonchev–Trinajstić information content (AvgIpc) is 2.17. The van der Waals surface area contributed by atoms with Gasteiger partial charge in [-0.05, 0) is 19.8 Å². The Kier molecular flexibility index (Phi) is 3.74. The van der Waals surface area contributed by atoms with Gasteiger partial charge in [-0.3, -0.25) is 0 Å². The molecule has 76 valence electrons. The zero-order valence-corrected chi connectivity index (χ0v) is 9.26. The van der Waals surface area contributed by atoms with Gasteiger partial charge in [-0.25, -0.2) is 4.79 Å². The van der Waals surface area contributed by atoms with Crippen molar-refractivity contribution >= 4 is 18.2 Å². The van der Waals surface area contributed by atoms with Crippen molar-refractivity contribution in [1.82, 2.24) is 0 Å². The summed E-state index contributed by atoms with van der Waals surface area (Å²) in [7, 11) is 0. The number of hydrogen-bond donors (Lipinski definition) is 0. The highest BCUT2D eigenvalue weighted by Crippen LogP contribution is 2.33. The molecule has 1 aliphatic carbocycles. The molecule has 0 bridgehead atoms. The Hall–Kier alpha value is -0.0800. The van der Waals surface area contributed by atoms with E-state index in [1.165, 1.54) is 19.3 Å². The second-order valence-electron chi connectivity index (χ2n) is 4.08. The smallest absolute Gasteiger partial charge is 0.232 e. The number of quaternary nitrogens is 1. The van der Waals surface area contributed by atoms with E-state index in [0.717, 1.165) is 12.8 Å². The first-order valence-electron chi connectivity index (χ1n) is 5.17. The Morgan fingerprint density at radius 3 is 2.54 bits per heavy atom. The monoisotopic (exact) mass is 204 g/mol. The number of nitrogens with zero attached hydrogens (tertiary/aromatic N) is 1. The summed E-state index contributed by atoms with van der Waals surface area (Å²) in [6.45, 7) is 4.88. The Morgan fingerprint density at radius 2 is 2.08 bits per heavy atom. The lowest BCUT2D eigenvalue weighted by atomic mass is 9.85. The van der Waals surface area contributed by atoms with E-state index in [-0.39, 0.29) is 4.00 Å². The average molecular weight is 205 g/mol. The Balaban J connectivity index is 2.71. The van der Waals surface area contributed by atoms with E-state index in [4.69, 9.17) is 11.8 Å². The predicted octanol–water partition coefficient (Wildman–Crippen LogP) is 2.71. The molecule has 0 heterocycles. The van der Waals surface area contributed by atoms with Gasteiger partial charge in [-0.15, -0.1) is 0 Å². The van der Waals surface area contributed by atoms with Gasteiger partial charge in [0.2, 0.25) is 0 Å². The maximum Gasteiger partial charge on any atom is 0.319 e. The minimum Gasteiger partial charge on any atom is -0.232 e. The molecular formula is C10H19ClNO+. The SMILES string of the molecule is CC[N+](Cl)(C=O)C1CCCCC1C. The molecule has 3 unspecified atom stereocenters. The van der Waals surface area contributed by atoms with Gasteiger partial charge in [0.15, 0.2) is 11.8 Å². The van der Waals surface area contributed by atoms with Crippen LogP contribution in [-0.4, -0.2) is 23.0 Å². The summed E-state index contributed by atoms with van der Waals surface area (Å²) in [5.74, 6) is 0.580. The normalized spacial score (nSPS) is 33.8. The van der Waals surface area contributed by atoms with Gasteiger partial charge >= 0.3 is 6.41 Å². The third-order valence-corrected chi connectivity index (χ3v) is 3.85. The number of halogens is 1. The molecule has 0 N–H and O–H groups in total. The molecule has 1 fully saturated rings. The van der Waals surface area contributed by atoms with Crippen molar-refractivity contribution in [3.05, 3.63) is 0 Å². The largest absolute Gasteiger partial charge is 0.319 e. The molecule has 1 saturated carbocycles. The van der Waals surface area contributed by atoms with E-state index in [2.05, 4.69) is 6.92 Å². The van der Waals surface area contributed by atoms with Gasteiger partial charge in [0.1, 0.15) is 12.6 Å². The summed E-state index contributed by atoms with van der Waals surface area (Å²) in [5.41, 5.74) is 0. The zero-order valence-electron chi connectivity index (χ0n) is 8.50. The molecule has 0 radical (unpaired) electrons. The van der Waals surface area contributed by atoms with Crippen molar-refractivity contribution in [3.63, 3.8) is 0 Å². The topological polar surface area (TPSA) is 17.1 Å². The standard InChI is InChI=1S/C10H19ClNO/c1-3-12(11,8-13)10-7-5-4-6-9(10)2/h8-10H,3-7H2,1-2H3/q+1. The summed E-state index contributed by atoms with van der Waals surface area (Å²) < 4.78 is 0.0845. The van der Waals surface area contributed by atoms with E-state index in [0.29, 0.717) is 18.5 Å². The van der Waals surface area contributed by atoms with Crippen LogP contribution in [0.15, 0.2) is 0 Å². The zero-order chi connectivity index (χ0) is 9.90.